The summed E-state index contributed by atoms with van der Waals surface area (Å²) in [4.78, 5) is 16.9. The molecule has 0 unspecified atom stereocenters. The maximum absolute atomic E-state index is 12.2. The van der Waals surface area contributed by atoms with E-state index < -0.39 is 10.0 Å². The second-order valence-corrected chi connectivity index (χ2v) is 9.76. The lowest BCUT2D eigenvalue weighted by atomic mass is 10.1. The molecule has 184 valence electrons. The number of benzene rings is 2. The van der Waals surface area contributed by atoms with Crippen LogP contribution < -0.4 is 19.5 Å². The van der Waals surface area contributed by atoms with Crippen LogP contribution in [0.15, 0.2) is 52.4 Å². The Bertz CT molecular complexity index is 1120. The number of sulfonamides is 1. The highest BCUT2D eigenvalue weighted by molar-refractivity contribution is 7.90. The average molecular weight is 488 g/mol. The third kappa shape index (κ3) is 6.96. The molecule has 9 heteroatoms. The Labute approximate surface area is 201 Å². The summed E-state index contributed by atoms with van der Waals surface area (Å²) in [6.07, 6.45) is 4.83. The summed E-state index contributed by atoms with van der Waals surface area (Å²) < 4.78 is 37.8. The largest absolute Gasteiger partial charge is 0.493 e. The number of amidine groups is 1. The van der Waals surface area contributed by atoms with Gasteiger partial charge in [-0.25, -0.2) is 8.42 Å². The smallest absolute Gasteiger partial charge is 0.263 e. The fraction of sp³-hybridized carbons (Fsp3) is 0.440. The van der Waals surface area contributed by atoms with Crippen LogP contribution in [-0.2, 0) is 21.4 Å². The van der Waals surface area contributed by atoms with Gasteiger partial charge in [-0.1, -0.05) is 38.0 Å². The summed E-state index contributed by atoms with van der Waals surface area (Å²) in [5.74, 6) is 1.76. The second-order valence-electron chi connectivity index (χ2n) is 8.11. The predicted molar refractivity (Wildman–Crippen MR) is 132 cm³/mol. The lowest BCUT2D eigenvalue weighted by Gasteiger charge is -2.12. The number of nitrogens with zero attached hydrogens (tertiary/aromatic N) is 1. The number of carbonyl (C=O) groups is 1. The number of amides is 1. The summed E-state index contributed by atoms with van der Waals surface area (Å²) in [5.41, 5.74) is 1.56. The van der Waals surface area contributed by atoms with Crippen molar-refractivity contribution in [3.63, 3.8) is 0 Å². The fourth-order valence-electron chi connectivity index (χ4n) is 3.57. The number of methoxy groups -OCH3 is 1. The molecule has 0 radical (unpaired) electrons. The number of unbranched alkanes of at least 4 members (excludes halogenated alkanes) is 3. The SMILES string of the molecule is CCCCOc1ccc(CNC(=O)CCCCCN=C2NS(=O)(=O)c3ccccc32)cc1OC. The molecule has 2 N–H and O–H groups in total. The standard InChI is InChI=1S/C25H33N3O5S/c1-3-4-16-33-21-14-13-19(17-22(21)32-2)18-27-24(29)12-6-5-9-15-26-25-20-10-7-8-11-23(20)34(30,31)28-25/h7-8,10-11,13-14,17H,3-6,9,12,15-16,18H2,1-2H3,(H,26,28)(H,27,29). The molecule has 1 amide bonds. The van der Waals surface area contributed by atoms with Crippen LogP contribution in [0.1, 0.15) is 56.6 Å². The molecule has 1 heterocycles. The molecule has 1 aliphatic rings. The first-order valence-corrected chi connectivity index (χ1v) is 13.2. The first-order chi connectivity index (χ1) is 16.4. The number of aliphatic imine (C=N–C) groups is 1. The fourth-order valence-corrected chi connectivity index (χ4v) is 4.82. The van der Waals surface area contributed by atoms with Crippen LogP contribution in [0.25, 0.3) is 0 Å². The van der Waals surface area contributed by atoms with E-state index >= 15 is 0 Å². The molecule has 0 bridgehead atoms. The van der Waals surface area contributed by atoms with Crippen molar-refractivity contribution in [2.75, 3.05) is 20.3 Å². The van der Waals surface area contributed by atoms with Gasteiger partial charge in [0.1, 0.15) is 5.84 Å². The van der Waals surface area contributed by atoms with Crippen LogP contribution in [0.3, 0.4) is 0 Å². The molecule has 0 aromatic heterocycles. The van der Waals surface area contributed by atoms with E-state index in [4.69, 9.17) is 9.47 Å². The number of ether oxygens (including phenoxy) is 2. The minimum Gasteiger partial charge on any atom is -0.493 e. The van der Waals surface area contributed by atoms with E-state index in [-0.39, 0.29) is 10.8 Å². The summed E-state index contributed by atoms with van der Waals surface area (Å²) in [7, 11) is -1.90. The van der Waals surface area contributed by atoms with Gasteiger partial charge in [0, 0.05) is 25.1 Å². The molecular formula is C25H33N3O5S. The van der Waals surface area contributed by atoms with Crippen LogP contribution >= 0.6 is 0 Å². The molecule has 8 nitrogen and oxygen atoms in total. The van der Waals surface area contributed by atoms with Gasteiger partial charge in [-0.05, 0) is 49.1 Å². The van der Waals surface area contributed by atoms with Gasteiger partial charge in [0.15, 0.2) is 11.5 Å². The molecule has 1 aliphatic heterocycles. The van der Waals surface area contributed by atoms with Crippen LogP contribution in [0.5, 0.6) is 11.5 Å². The Morgan fingerprint density at radius 1 is 1.06 bits per heavy atom. The maximum Gasteiger partial charge on any atom is 0.263 e. The molecule has 34 heavy (non-hydrogen) atoms. The van der Waals surface area contributed by atoms with Crippen molar-refractivity contribution in [3.8, 4) is 11.5 Å². The second kappa shape index (κ2) is 12.4. The first-order valence-electron chi connectivity index (χ1n) is 11.7. The predicted octanol–water partition coefficient (Wildman–Crippen LogP) is 3.79. The van der Waals surface area contributed by atoms with E-state index in [1.54, 1.807) is 31.4 Å². The highest BCUT2D eigenvalue weighted by atomic mass is 32.2. The van der Waals surface area contributed by atoms with Crippen LogP contribution in [0.2, 0.25) is 0 Å². The Morgan fingerprint density at radius 3 is 2.68 bits per heavy atom. The van der Waals surface area contributed by atoms with Crippen molar-refractivity contribution in [2.24, 2.45) is 4.99 Å². The van der Waals surface area contributed by atoms with Gasteiger partial charge in [0.25, 0.3) is 10.0 Å². The zero-order valence-electron chi connectivity index (χ0n) is 19.8. The van der Waals surface area contributed by atoms with Crippen molar-refractivity contribution < 1.29 is 22.7 Å². The molecule has 2 aromatic carbocycles. The Kier molecular flexibility index (Phi) is 9.33. The molecule has 0 spiro atoms. The van der Waals surface area contributed by atoms with E-state index in [1.807, 2.05) is 18.2 Å². The van der Waals surface area contributed by atoms with E-state index in [0.29, 0.717) is 49.0 Å². The normalized spacial score (nSPS) is 14.9. The number of nitrogens with one attached hydrogen (secondary N) is 2. The minimum atomic E-state index is -3.50. The Hall–Kier alpha value is -3.07. The molecule has 3 rings (SSSR count). The van der Waals surface area contributed by atoms with Gasteiger partial charge in [0.05, 0.1) is 18.6 Å². The van der Waals surface area contributed by atoms with Gasteiger partial charge in [-0.2, -0.15) is 0 Å². The van der Waals surface area contributed by atoms with Crippen molar-refractivity contribution >= 4 is 21.8 Å². The monoisotopic (exact) mass is 487 g/mol. The highest BCUT2D eigenvalue weighted by Crippen LogP contribution is 2.28. The lowest BCUT2D eigenvalue weighted by Crippen LogP contribution is -2.22. The molecule has 0 saturated carbocycles. The first kappa shape index (κ1) is 25.6. The number of hydrogen-bond donors (Lipinski definition) is 2. The van der Waals surface area contributed by atoms with E-state index in [9.17, 15) is 13.2 Å². The third-order valence-corrected chi connectivity index (χ3v) is 6.86. The van der Waals surface area contributed by atoms with Gasteiger partial charge in [-0.15, -0.1) is 0 Å². The van der Waals surface area contributed by atoms with Crippen molar-refractivity contribution in [1.29, 1.82) is 0 Å². The van der Waals surface area contributed by atoms with Crippen molar-refractivity contribution in [2.45, 2.75) is 56.9 Å². The molecule has 0 saturated heterocycles. The van der Waals surface area contributed by atoms with Crippen LogP contribution in [0, 0.1) is 0 Å². The summed E-state index contributed by atoms with van der Waals surface area (Å²) >= 11 is 0. The van der Waals surface area contributed by atoms with E-state index in [2.05, 4.69) is 22.0 Å². The number of rotatable bonds is 13. The number of hydrogen-bond acceptors (Lipinski definition) is 6. The quantitative estimate of drug-likeness (QED) is 0.418. The highest BCUT2D eigenvalue weighted by Gasteiger charge is 2.29. The third-order valence-electron chi connectivity index (χ3n) is 5.47. The van der Waals surface area contributed by atoms with E-state index in [1.165, 1.54) is 0 Å². The van der Waals surface area contributed by atoms with Gasteiger partial charge < -0.3 is 14.8 Å². The minimum absolute atomic E-state index is 0.00830. The molecule has 0 aliphatic carbocycles. The average Bonchev–Trinajstić information content (AvgIpc) is 3.10. The van der Waals surface area contributed by atoms with Gasteiger partial charge in [0.2, 0.25) is 5.91 Å². The maximum atomic E-state index is 12.2. The summed E-state index contributed by atoms with van der Waals surface area (Å²) in [6.45, 7) is 3.69. The summed E-state index contributed by atoms with van der Waals surface area (Å²) in [6, 6.07) is 12.5. The molecule has 0 fully saturated rings. The topological polar surface area (TPSA) is 106 Å². The number of carbonyl (C=O) groups excluding carboxylic acids is 1. The molecule has 2 aromatic rings. The Balaban J connectivity index is 1.36. The molecule has 0 atom stereocenters. The van der Waals surface area contributed by atoms with Gasteiger partial charge >= 0.3 is 0 Å². The van der Waals surface area contributed by atoms with Crippen molar-refractivity contribution in [1.82, 2.24) is 10.0 Å². The Morgan fingerprint density at radius 2 is 1.88 bits per heavy atom. The number of fused-ring (bicyclic) bond motifs is 1. The summed E-state index contributed by atoms with van der Waals surface area (Å²) in [5, 5.41) is 2.94. The lowest BCUT2D eigenvalue weighted by molar-refractivity contribution is -0.121. The van der Waals surface area contributed by atoms with E-state index in [0.717, 1.165) is 37.7 Å². The van der Waals surface area contributed by atoms with Crippen LogP contribution in [0.4, 0.5) is 0 Å². The van der Waals surface area contributed by atoms with Crippen LogP contribution in [-0.4, -0.2) is 40.4 Å². The van der Waals surface area contributed by atoms with Gasteiger partial charge in [-0.3, -0.25) is 14.5 Å². The molecular weight excluding hydrogens is 454 g/mol. The van der Waals surface area contributed by atoms with Crippen molar-refractivity contribution in [3.05, 3.63) is 53.6 Å². The zero-order chi connectivity index (χ0) is 24.4. The zero-order valence-corrected chi connectivity index (χ0v) is 20.6.